The molecule has 33 heavy (non-hydrogen) atoms. The first-order valence-corrected chi connectivity index (χ1v) is 11.7. The van der Waals surface area contributed by atoms with Crippen molar-refractivity contribution >= 4 is 17.3 Å². The summed E-state index contributed by atoms with van der Waals surface area (Å²) in [6.07, 6.45) is 0. The molecule has 0 bridgehead atoms. The quantitative estimate of drug-likeness (QED) is 0.350. The van der Waals surface area contributed by atoms with Crippen molar-refractivity contribution in [3.63, 3.8) is 0 Å². The SMILES string of the molecule is COc1ccc(Cn2c(-c3csc(-c4ccc(C(C)(C)C)cc4)n3)cc(C(=O)O)c2C)cc1. The third-order valence-electron chi connectivity index (χ3n) is 5.86. The number of aromatic nitrogens is 2. The van der Waals surface area contributed by atoms with Gasteiger partial charge in [0.25, 0.3) is 0 Å². The number of carboxylic acids is 1. The minimum Gasteiger partial charge on any atom is -0.497 e. The highest BCUT2D eigenvalue weighted by Crippen LogP contribution is 2.33. The Labute approximate surface area is 198 Å². The Morgan fingerprint density at radius 1 is 1.09 bits per heavy atom. The maximum atomic E-state index is 11.8. The summed E-state index contributed by atoms with van der Waals surface area (Å²) in [6.45, 7) is 8.98. The molecule has 0 unspecified atom stereocenters. The summed E-state index contributed by atoms with van der Waals surface area (Å²) in [6, 6.07) is 18.0. The summed E-state index contributed by atoms with van der Waals surface area (Å²) in [5, 5.41) is 12.6. The van der Waals surface area contributed by atoms with E-state index >= 15 is 0 Å². The molecule has 0 aliphatic carbocycles. The average molecular weight is 461 g/mol. The fourth-order valence-electron chi connectivity index (χ4n) is 3.83. The lowest BCUT2D eigenvalue weighted by molar-refractivity contribution is 0.0696. The van der Waals surface area contributed by atoms with Gasteiger partial charge in [-0.25, -0.2) is 9.78 Å². The largest absolute Gasteiger partial charge is 0.497 e. The molecule has 2 aromatic carbocycles. The number of benzene rings is 2. The molecule has 6 heteroatoms. The molecule has 0 amide bonds. The number of aromatic carboxylic acids is 1. The molecule has 4 aromatic rings. The average Bonchev–Trinajstić information content (AvgIpc) is 3.39. The third kappa shape index (κ3) is 4.71. The lowest BCUT2D eigenvalue weighted by Crippen LogP contribution is -2.10. The molecular formula is C27H28N2O3S. The Balaban J connectivity index is 1.70. The molecule has 5 nitrogen and oxygen atoms in total. The zero-order chi connectivity index (χ0) is 23.8. The van der Waals surface area contributed by atoms with Crippen LogP contribution < -0.4 is 4.74 Å². The lowest BCUT2D eigenvalue weighted by Gasteiger charge is -2.18. The second-order valence-corrected chi connectivity index (χ2v) is 9.99. The van der Waals surface area contributed by atoms with Crippen LogP contribution in [0.4, 0.5) is 0 Å². The summed E-state index contributed by atoms with van der Waals surface area (Å²) < 4.78 is 7.27. The van der Waals surface area contributed by atoms with Crippen molar-refractivity contribution in [1.29, 1.82) is 0 Å². The zero-order valence-corrected chi connectivity index (χ0v) is 20.4. The summed E-state index contributed by atoms with van der Waals surface area (Å²) >= 11 is 1.57. The van der Waals surface area contributed by atoms with Gasteiger partial charge in [0.05, 0.1) is 24.1 Å². The number of carboxylic acid groups (broad SMARTS) is 1. The Morgan fingerprint density at radius 2 is 1.76 bits per heavy atom. The van der Waals surface area contributed by atoms with Crippen LogP contribution in [0.1, 0.15) is 48.0 Å². The van der Waals surface area contributed by atoms with Gasteiger partial charge in [0.15, 0.2) is 0 Å². The van der Waals surface area contributed by atoms with Crippen molar-refractivity contribution in [3.05, 3.63) is 82.4 Å². The van der Waals surface area contributed by atoms with E-state index in [4.69, 9.17) is 9.72 Å². The van der Waals surface area contributed by atoms with Crippen molar-refractivity contribution in [3.8, 4) is 27.7 Å². The van der Waals surface area contributed by atoms with Crippen molar-refractivity contribution in [2.24, 2.45) is 0 Å². The predicted octanol–water partition coefficient (Wildman–Crippen LogP) is 6.64. The van der Waals surface area contributed by atoms with Crippen LogP contribution in [-0.2, 0) is 12.0 Å². The van der Waals surface area contributed by atoms with E-state index in [1.807, 2.05) is 41.1 Å². The van der Waals surface area contributed by atoms with Gasteiger partial charge in [-0.1, -0.05) is 57.2 Å². The molecule has 2 aromatic heterocycles. The van der Waals surface area contributed by atoms with Crippen molar-refractivity contribution < 1.29 is 14.6 Å². The van der Waals surface area contributed by atoms with Crippen LogP contribution in [0.3, 0.4) is 0 Å². The Bertz CT molecular complexity index is 1280. The molecular weight excluding hydrogens is 432 g/mol. The molecule has 0 atom stereocenters. The van der Waals surface area contributed by atoms with E-state index < -0.39 is 5.97 Å². The van der Waals surface area contributed by atoms with E-state index in [2.05, 4.69) is 45.0 Å². The highest BCUT2D eigenvalue weighted by Gasteiger charge is 2.20. The van der Waals surface area contributed by atoms with Gasteiger partial charge in [0, 0.05) is 23.2 Å². The zero-order valence-electron chi connectivity index (χ0n) is 19.5. The summed E-state index contributed by atoms with van der Waals surface area (Å²) in [4.78, 5) is 16.7. The number of rotatable bonds is 6. The normalized spacial score (nSPS) is 11.5. The highest BCUT2D eigenvalue weighted by atomic mass is 32.1. The molecule has 0 aliphatic heterocycles. The van der Waals surface area contributed by atoms with Crippen molar-refractivity contribution in [1.82, 2.24) is 9.55 Å². The highest BCUT2D eigenvalue weighted by molar-refractivity contribution is 7.13. The minimum absolute atomic E-state index is 0.0968. The molecule has 0 saturated heterocycles. The first-order chi connectivity index (χ1) is 15.7. The van der Waals surface area contributed by atoms with Gasteiger partial charge in [-0.3, -0.25) is 0 Å². The monoisotopic (exact) mass is 460 g/mol. The van der Waals surface area contributed by atoms with Gasteiger partial charge in [0.2, 0.25) is 0 Å². The van der Waals surface area contributed by atoms with E-state index in [-0.39, 0.29) is 5.41 Å². The van der Waals surface area contributed by atoms with Crippen LogP contribution in [-0.4, -0.2) is 27.7 Å². The second-order valence-electron chi connectivity index (χ2n) is 9.13. The molecule has 0 fully saturated rings. The number of carbonyl (C=O) groups is 1. The van der Waals surface area contributed by atoms with Crippen LogP contribution >= 0.6 is 11.3 Å². The standard InChI is InChI=1S/C27H28N2O3S/c1-17-22(26(30)31)14-24(29(17)15-18-6-12-21(32-5)13-7-18)23-16-33-25(28-23)19-8-10-20(11-9-19)27(2,3)4/h6-14,16H,15H2,1-5H3,(H,30,31). The number of hydrogen-bond donors (Lipinski definition) is 1. The molecule has 0 spiro atoms. The van der Waals surface area contributed by atoms with E-state index in [1.54, 1.807) is 24.5 Å². The Kier molecular flexibility index (Phi) is 6.13. The number of hydrogen-bond acceptors (Lipinski definition) is 4. The third-order valence-corrected chi connectivity index (χ3v) is 6.75. The van der Waals surface area contributed by atoms with Crippen LogP contribution in [0.25, 0.3) is 22.0 Å². The second kappa shape index (κ2) is 8.87. The summed E-state index contributed by atoms with van der Waals surface area (Å²) in [5.41, 5.74) is 6.06. The van der Waals surface area contributed by atoms with Gasteiger partial charge in [-0.05, 0) is 41.7 Å². The van der Waals surface area contributed by atoms with Crippen molar-refractivity contribution in [2.45, 2.75) is 39.7 Å². The maximum absolute atomic E-state index is 11.8. The van der Waals surface area contributed by atoms with Crippen LogP contribution in [0.15, 0.2) is 60.0 Å². The number of ether oxygens (including phenoxy) is 1. The lowest BCUT2D eigenvalue weighted by atomic mass is 9.87. The van der Waals surface area contributed by atoms with E-state index in [0.717, 1.165) is 33.3 Å². The van der Waals surface area contributed by atoms with E-state index in [9.17, 15) is 9.90 Å². The molecule has 4 rings (SSSR count). The Hall–Kier alpha value is -3.38. The first kappa shape index (κ1) is 22.8. The topological polar surface area (TPSA) is 64.4 Å². The fourth-order valence-corrected chi connectivity index (χ4v) is 4.65. The van der Waals surface area contributed by atoms with Crippen LogP contribution in [0, 0.1) is 6.92 Å². The van der Waals surface area contributed by atoms with Gasteiger partial charge in [0.1, 0.15) is 10.8 Å². The van der Waals surface area contributed by atoms with E-state index in [0.29, 0.717) is 17.8 Å². The summed E-state index contributed by atoms with van der Waals surface area (Å²) in [5.74, 6) is -0.147. The summed E-state index contributed by atoms with van der Waals surface area (Å²) in [7, 11) is 1.64. The van der Waals surface area contributed by atoms with Gasteiger partial charge in [-0.15, -0.1) is 11.3 Å². The van der Waals surface area contributed by atoms with Gasteiger partial charge in [-0.2, -0.15) is 0 Å². The van der Waals surface area contributed by atoms with E-state index in [1.165, 1.54) is 5.56 Å². The molecule has 170 valence electrons. The Morgan fingerprint density at radius 3 is 2.33 bits per heavy atom. The number of nitrogens with zero attached hydrogens (tertiary/aromatic N) is 2. The van der Waals surface area contributed by atoms with Gasteiger partial charge < -0.3 is 14.4 Å². The number of thiazole rings is 1. The molecule has 0 saturated carbocycles. The van der Waals surface area contributed by atoms with Crippen molar-refractivity contribution in [2.75, 3.05) is 7.11 Å². The minimum atomic E-state index is -0.935. The fraction of sp³-hybridized carbons (Fsp3) is 0.259. The van der Waals surface area contributed by atoms with Crippen LogP contribution in [0.2, 0.25) is 0 Å². The molecule has 1 N–H and O–H groups in total. The maximum Gasteiger partial charge on any atom is 0.337 e. The first-order valence-electron chi connectivity index (χ1n) is 10.8. The molecule has 2 heterocycles. The van der Waals surface area contributed by atoms with Gasteiger partial charge >= 0.3 is 5.97 Å². The smallest absolute Gasteiger partial charge is 0.337 e. The predicted molar refractivity (Wildman–Crippen MR) is 133 cm³/mol. The van der Waals surface area contributed by atoms with Crippen LogP contribution in [0.5, 0.6) is 5.75 Å². The molecule has 0 aliphatic rings. The number of methoxy groups -OCH3 is 1. The molecule has 0 radical (unpaired) electrons.